The number of hydrogen-bond donors (Lipinski definition) is 1. The number of thioether (sulfide) groups is 1. The summed E-state index contributed by atoms with van der Waals surface area (Å²) in [5, 5.41) is 3.52. The Balaban J connectivity index is 2.02. The van der Waals surface area contributed by atoms with Gasteiger partial charge in [0.15, 0.2) is 0 Å². The van der Waals surface area contributed by atoms with Gasteiger partial charge in [-0.25, -0.2) is 0 Å². The van der Waals surface area contributed by atoms with Crippen LogP contribution in [0, 0.1) is 13.8 Å². The predicted molar refractivity (Wildman–Crippen MR) is 91.3 cm³/mol. The van der Waals surface area contributed by atoms with E-state index < -0.39 is 0 Å². The van der Waals surface area contributed by atoms with Gasteiger partial charge in [-0.15, -0.1) is 11.8 Å². The summed E-state index contributed by atoms with van der Waals surface area (Å²) in [4.78, 5) is 13.3. The molecule has 0 bridgehead atoms. The first kappa shape index (κ1) is 15.9. The van der Waals surface area contributed by atoms with E-state index >= 15 is 0 Å². The predicted octanol–water partition coefficient (Wildman–Crippen LogP) is 5.08. The molecule has 2 aromatic carbocycles. The van der Waals surface area contributed by atoms with Gasteiger partial charge in [0.05, 0.1) is 5.25 Å². The van der Waals surface area contributed by atoms with Crippen LogP contribution in [0.3, 0.4) is 0 Å². The van der Waals surface area contributed by atoms with E-state index in [1.807, 2.05) is 63.2 Å². The Morgan fingerprint density at radius 1 is 1.14 bits per heavy atom. The Morgan fingerprint density at radius 3 is 2.48 bits per heavy atom. The summed E-state index contributed by atoms with van der Waals surface area (Å²) >= 11 is 7.38. The molecule has 2 nitrogen and oxygen atoms in total. The quantitative estimate of drug-likeness (QED) is 0.796. The molecule has 0 fully saturated rings. The monoisotopic (exact) mass is 319 g/mol. The van der Waals surface area contributed by atoms with Crippen molar-refractivity contribution in [3.63, 3.8) is 0 Å². The molecule has 0 saturated carbocycles. The lowest BCUT2D eigenvalue weighted by Gasteiger charge is -2.14. The number of amides is 1. The van der Waals surface area contributed by atoms with Gasteiger partial charge >= 0.3 is 0 Å². The van der Waals surface area contributed by atoms with Crippen molar-refractivity contribution in [1.82, 2.24) is 0 Å². The zero-order valence-electron chi connectivity index (χ0n) is 12.3. The molecule has 1 atom stereocenters. The fourth-order valence-corrected chi connectivity index (χ4v) is 2.89. The zero-order chi connectivity index (χ0) is 15.4. The molecule has 0 aromatic heterocycles. The molecule has 4 heteroatoms. The summed E-state index contributed by atoms with van der Waals surface area (Å²) < 4.78 is 0. The van der Waals surface area contributed by atoms with Crippen LogP contribution in [-0.2, 0) is 4.79 Å². The van der Waals surface area contributed by atoms with Gasteiger partial charge in [0, 0.05) is 15.6 Å². The van der Waals surface area contributed by atoms with Gasteiger partial charge in [-0.3, -0.25) is 4.79 Å². The molecule has 0 spiro atoms. The molecule has 110 valence electrons. The van der Waals surface area contributed by atoms with Gasteiger partial charge in [-0.1, -0.05) is 23.7 Å². The Kier molecular flexibility index (Phi) is 5.32. The fraction of sp³-hybridized carbons (Fsp3) is 0.235. The van der Waals surface area contributed by atoms with Crippen LogP contribution in [0.25, 0.3) is 0 Å². The second kappa shape index (κ2) is 7.01. The molecule has 2 rings (SSSR count). The lowest BCUT2D eigenvalue weighted by molar-refractivity contribution is -0.115. The van der Waals surface area contributed by atoms with Crippen LogP contribution in [-0.4, -0.2) is 11.2 Å². The van der Waals surface area contributed by atoms with Gasteiger partial charge < -0.3 is 5.32 Å². The minimum atomic E-state index is -0.175. The van der Waals surface area contributed by atoms with Crippen molar-refractivity contribution in [3.05, 3.63) is 58.6 Å². The second-order valence-electron chi connectivity index (χ2n) is 4.95. The average molecular weight is 320 g/mol. The number of hydrogen-bond acceptors (Lipinski definition) is 2. The Bertz CT molecular complexity index is 640. The highest BCUT2D eigenvalue weighted by molar-refractivity contribution is 8.00. The first-order valence-corrected chi connectivity index (χ1v) is 8.02. The second-order valence-corrected chi connectivity index (χ2v) is 6.80. The van der Waals surface area contributed by atoms with E-state index in [-0.39, 0.29) is 11.2 Å². The van der Waals surface area contributed by atoms with Crippen molar-refractivity contribution < 1.29 is 4.79 Å². The zero-order valence-corrected chi connectivity index (χ0v) is 13.9. The molecule has 2 aromatic rings. The van der Waals surface area contributed by atoms with E-state index in [1.54, 1.807) is 0 Å². The maximum absolute atomic E-state index is 12.3. The number of anilines is 1. The van der Waals surface area contributed by atoms with E-state index in [9.17, 15) is 4.79 Å². The van der Waals surface area contributed by atoms with Crippen molar-refractivity contribution in [2.75, 3.05) is 5.32 Å². The van der Waals surface area contributed by atoms with Gasteiger partial charge in [0.25, 0.3) is 0 Å². The van der Waals surface area contributed by atoms with Crippen LogP contribution in [0.1, 0.15) is 18.1 Å². The first-order valence-electron chi connectivity index (χ1n) is 6.76. The minimum absolute atomic E-state index is 0.00338. The maximum atomic E-state index is 12.3. The molecule has 0 aliphatic rings. The number of aryl methyl sites for hydroxylation is 1. The van der Waals surface area contributed by atoms with Crippen molar-refractivity contribution in [3.8, 4) is 0 Å². The summed E-state index contributed by atoms with van der Waals surface area (Å²) in [5.41, 5.74) is 3.16. The van der Waals surface area contributed by atoms with E-state index in [1.165, 1.54) is 17.3 Å². The largest absolute Gasteiger partial charge is 0.325 e. The summed E-state index contributed by atoms with van der Waals surface area (Å²) in [6, 6.07) is 13.4. The average Bonchev–Trinajstić information content (AvgIpc) is 2.46. The third kappa shape index (κ3) is 4.26. The van der Waals surface area contributed by atoms with Gasteiger partial charge in [-0.05, 0) is 62.2 Å². The lowest BCUT2D eigenvalue weighted by atomic mass is 10.1. The standard InChI is InChI=1S/C17H18ClNOS/c1-11-5-4-6-16(12(11)2)19-17(20)13(3)21-15-9-7-14(18)8-10-15/h4-10,13H,1-3H3,(H,19,20). The highest BCUT2D eigenvalue weighted by Gasteiger charge is 2.15. The molecule has 1 unspecified atom stereocenters. The molecule has 0 saturated heterocycles. The van der Waals surface area contributed by atoms with Crippen LogP contribution in [0.4, 0.5) is 5.69 Å². The van der Waals surface area contributed by atoms with Crippen molar-refractivity contribution in [2.45, 2.75) is 30.9 Å². The molecule has 1 amide bonds. The van der Waals surface area contributed by atoms with E-state index in [4.69, 9.17) is 11.6 Å². The smallest absolute Gasteiger partial charge is 0.237 e. The van der Waals surface area contributed by atoms with E-state index in [0.717, 1.165) is 16.1 Å². The summed E-state index contributed by atoms with van der Waals surface area (Å²) in [7, 11) is 0. The van der Waals surface area contributed by atoms with E-state index in [2.05, 4.69) is 5.32 Å². The maximum Gasteiger partial charge on any atom is 0.237 e. The SMILES string of the molecule is Cc1cccc(NC(=O)C(C)Sc2ccc(Cl)cc2)c1C. The first-order chi connectivity index (χ1) is 9.97. The van der Waals surface area contributed by atoms with Gasteiger partial charge in [0.2, 0.25) is 5.91 Å². The number of rotatable bonds is 4. The summed E-state index contributed by atoms with van der Waals surface area (Å²) in [6.07, 6.45) is 0. The Morgan fingerprint density at radius 2 is 1.81 bits per heavy atom. The Hall–Kier alpha value is -1.45. The molecule has 21 heavy (non-hydrogen) atoms. The number of benzene rings is 2. The number of nitrogens with one attached hydrogen (secondary N) is 1. The highest BCUT2D eigenvalue weighted by atomic mass is 35.5. The molecule has 0 aliphatic carbocycles. The molecule has 0 heterocycles. The Labute approximate surface area is 134 Å². The van der Waals surface area contributed by atoms with Gasteiger partial charge in [-0.2, -0.15) is 0 Å². The topological polar surface area (TPSA) is 29.1 Å². The molecule has 1 N–H and O–H groups in total. The van der Waals surface area contributed by atoms with Crippen LogP contribution in [0.5, 0.6) is 0 Å². The third-order valence-electron chi connectivity index (χ3n) is 3.36. The molecule has 0 radical (unpaired) electrons. The number of carbonyl (C=O) groups is 1. The van der Waals surface area contributed by atoms with Gasteiger partial charge in [0.1, 0.15) is 0 Å². The van der Waals surface area contributed by atoms with Crippen LogP contribution in [0.2, 0.25) is 5.02 Å². The third-order valence-corrected chi connectivity index (χ3v) is 4.72. The molecular formula is C17H18ClNOS. The van der Waals surface area contributed by atoms with Crippen LogP contribution in [0.15, 0.2) is 47.4 Å². The molecule has 0 aliphatic heterocycles. The normalized spacial score (nSPS) is 12.0. The minimum Gasteiger partial charge on any atom is -0.325 e. The fourth-order valence-electron chi connectivity index (χ4n) is 1.89. The molecular weight excluding hydrogens is 302 g/mol. The van der Waals surface area contributed by atoms with Crippen molar-refractivity contribution in [2.24, 2.45) is 0 Å². The van der Waals surface area contributed by atoms with Crippen LogP contribution < -0.4 is 5.32 Å². The van der Waals surface area contributed by atoms with Crippen molar-refractivity contribution in [1.29, 1.82) is 0 Å². The highest BCUT2D eigenvalue weighted by Crippen LogP contribution is 2.26. The number of halogens is 1. The van der Waals surface area contributed by atoms with E-state index in [0.29, 0.717) is 5.02 Å². The summed E-state index contributed by atoms with van der Waals surface area (Å²) in [6.45, 7) is 5.96. The van der Waals surface area contributed by atoms with Crippen LogP contribution >= 0.6 is 23.4 Å². The number of carbonyl (C=O) groups excluding carboxylic acids is 1. The van der Waals surface area contributed by atoms with Crippen molar-refractivity contribution >= 4 is 35.0 Å². The summed E-state index contributed by atoms with van der Waals surface area (Å²) in [5.74, 6) is 0.00338. The lowest BCUT2D eigenvalue weighted by Crippen LogP contribution is -2.22.